The molecule has 1 aromatic carbocycles. The fourth-order valence-corrected chi connectivity index (χ4v) is 1.28. The second kappa shape index (κ2) is 6.00. The minimum absolute atomic E-state index is 0.289. The van der Waals surface area contributed by atoms with Gasteiger partial charge in [0.1, 0.15) is 0 Å². The largest absolute Gasteiger partial charge is 0.353 e. The molecule has 0 unspecified atom stereocenters. The van der Waals surface area contributed by atoms with Crippen LogP contribution in [0.25, 0.3) is 0 Å². The number of rotatable bonds is 1. The van der Waals surface area contributed by atoms with Crippen LogP contribution in [0.4, 0.5) is 4.79 Å². The Morgan fingerprint density at radius 2 is 1.76 bits per heavy atom. The highest BCUT2D eigenvalue weighted by Crippen LogP contribution is 2.03. The molecule has 0 aliphatic rings. The summed E-state index contributed by atoms with van der Waals surface area (Å²) in [6.45, 7) is 1.20. The summed E-state index contributed by atoms with van der Waals surface area (Å²) in [5.41, 5.74) is 2.42. The van der Waals surface area contributed by atoms with E-state index in [9.17, 15) is 14.4 Å². The van der Waals surface area contributed by atoms with E-state index in [1.165, 1.54) is 6.92 Å². The molecule has 0 atom stereocenters. The third-order valence-corrected chi connectivity index (χ3v) is 2.12. The highest BCUT2D eigenvalue weighted by atomic mass is 79.9. The van der Waals surface area contributed by atoms with E-state index in [4.69, 9.17) is 0 Å². The van der Waals surface area contributed by atoms with Gasteiger partial charge in [-0.25, -0.2) is 4.79 Å². The fraction of sp³-hybridized carbons (Fsp3) is 0.100. The van der Waals surface area contributed by atoms with Crippen LogP contribution < -0.4 is 9.77 Å². The molecule has 0 saturated carbocycles. The lowest BCUT2D eigenvalue weighted by Crippen LogP contribution is -2.51. The predicted octanol–water partition coefficient (Wildman–Crippen LogP) is 1.20. The number of hydrazine groups is 1. The number of halogens is 1. The second-order valence-electron chi connectivity index (χ2n) is 3.07. The molecule has 0 aliphatic carbocycles. The van der Waals surface area contributed by atoms with Crippen molar-refractivity contribution in [3.05, 3.63) is 35.9 Å². The van der Waals surface area contributed by atoms with Crippen molar-refractivity contribution >= 4 is 34.0 Å². The first-order valence-electron chi connectivity index (χ1n) is 4.63. The number of urea groups is 1. The number of carbonyl (C=O) groups excluding carboxylic acids is 3. The van der Waals surface area contributed by atoms with Crippen LogP contribution >= 0.6 is 16.1 Å². The maximum atomic E-state index is 11.9. The van der Waals surface area contributed by atoms with Gasteiger partial charge in [0.2, 0.25) is 5.91 Å². The molecule has 4 amide bonds. The molecule has 1 aromatic rings. The molecule has 0 heterocycles. The van der Waals surface area contributed by atoms with Crippen LogP contribution in [0.5, 0.6) is 0 Å². The molecule has 0 aliphatic heterocycles. The summed E-state index contributed by atoms with van der Waals surface area (Å²) in [4.78, 5) is 34.2. The highest BCUT2D eigenvalue weighted by molar-refractivity contribution is 9.08. The van der Waals surface area contributed by atoms with E-state index in [0.717, 1.165) is 0 Å². The van der Waals surface area contributed by atoms with Gasteiger partial charge in [0.25, 0.3) is 5.91 Å². The number of benzene rings is 1. The number of carbonyl (C=O) groups is 3. The van der Waals surface area contributed by atoms with Gasteiger partial charge in [0.15, 0.2) is 0 Å². The van der Waals surface area contributed by atoms with Gasteiger partial charge in [-0.1, -0.05) is 18.2 Å². The molecule has 0 spiro atoms. The average molecular weight is 300 g/mol. The van der Waals surface area contributed by atoms with Crippen molar-refractivity contribution in [1.29, 1.82) is 0 Å². The summed E-state index contributed by atoms with van der Waals surface area (Å²) >= 11 is 2.70. The van der Waals surface area contributed by atoms with E-state index in [1.54, 1.807) is 30.3 Å². The van der Waals surface area contributed by atoms with Gasteiger partial charge >= 0.3 is 6.03 Å². The van der Waals surface area contributed by atoms with Gasteiger partial charge in [0.05, 0.1) is 16.1 Å². The molecule has 7 heteroatoms. The number of nitrogens with one attached hydrogen (secondary N) is 2. The lowest BCUT2D eigenvalue weighted by atomic mass is 10.2. The van der Waals surface area contributed by atoms with E-state index in [1.807, 2.05) is 0 Å². The van der Waals surface area contributed by atoms with Crippen molar-refractivity contribution in [2.24, 2.45) is 0 Å². The summed E-state index contributed by atoms with van der Waals surface area (Å²) in [5, 5.41) is 0.590. The van der Waals surface area contributed by atoms with Crippen LogP contribution in [0, 0.1) is 0 Å². The van der Waals surface area contributed by atoms with Gasteiger partial charge in [-0.15, -0.1) is 0 Å². The van der Waals surface area contributed by atoms with Crippen LogP contribution in [0.1, 0.15) is 17.3 Å². The van der Waals surface area contributed by atoms with E-state index in [0.29, 0.717) is 5.01 Å². The minimum atomic E-state index is -0.783. The molecule has 17 heavy (non-hydrogen) atoms. The molecule has 0 fully saturated rings. The molecule has 2 N–H and O–H groups in total. The Balaban J connectivity index is 2.94. The molecular formula is C10H10BrN3O3. The standard InChI is InChI=1S/C10H10BrN3O3/c1-7(15)13-14(10(17)12-11)9(16)8-5-3-2-4-6-8/h2-6H,1H3,(H,12,17)(H,13,15). The Bertz CT molecular complexity index is 436. The molecule has 0 saturated heterocycles. The maximum absolute atomic E-state index is 11.9. The van der Waals surface area contributed by atoms with Crippen LogP contribution in [0.15, 0.2) is 30.3 Å². The Morgan fingerprint density at radius 1 is 1.18 bits per heavy atom. The lowest BCUT2D eigenvalue weighted by Gasteiger charge is -2.19. The maximum Gasteiger partial charge on any atom is 0.353 e. The number of imide groups is 1. The first-order chi connectivity index (χ1) is 8.06. The zero-order valence-corrected chi connectivity index (χ0v) is 10.5. The second-order valence-corrected chi connectivity index (χ2v) is 3.47. The number of nitrogens with zero attached hydrogens (tertiary/aromatic N) is 1. The molecule has 0 bridgehead atoms. The third kappa shape index (κ3) is 3.56. The number of hydrogen-bond donors (Lipinski definition) is 2. The minimum Gasteiger partial charge on any atom is -0.274 e. The summed E-state index contributed by atoms with van der Waals surface area (Å²) in [5.74, 6) is -1.15. The van der Waals surface area contributed by atoms with Crippen LogP contribution in [-0.4, -0.2) is 22.9 Å². The molecule has 1 rings (SSSR count). The van der Waals surface area contributed by atoms with E-state index in [-0.39, 0.29) is 5.56 Å². The van der Waals surface area contributed by atoms with Crippen molar-refractivity contribution in [2.75, 3.05) is 0 Å². The van der Waals surface area contributed by atoms with Crippen molar-refractivity contribution in [1.82, 2.24) is 14.8 Å². The van der Waals surface area contributed by atoms with Gasteiger partial charge in [0, 0.05) is 12.5 Å². The van der Waals surface area contributed by atoms with Crippen molar-refractivity contribution < 1.29 is 14.4 Å². The average Bonchev–Trinajstić information content (AvgIpc) is 2.35. The molecule has 0 aromatic heterocycles. The highest BCUT2D eigenvalue weighted by Gasteiger charge is 2.23. The van der Waals surface area contributed by atoms with Crippen molar-refractivity contribution in [3.63, 3.8) is 0 Å². The zero-order chi connectivity index (χ0) is 12.8. The first kappa shape index (κ1) is 13.2. The fourth-order valence-electron chi connectivity index (χ4n) is 1.10. The van der Waals surface area contributed by atoms with Crippen molar-refractivity contribution in [3.8, 4) is 0 Å². The Hall–Kier alpha value is -1.89. The summed E-state index contributed by atoms with van der Waals surface area (Å²) in [6.07, 6.45) is 0. The predicted molar refractivity (Wildman–Crippen MR) is 63.9 cm³/mol. The van der Waals surface area contributed by atoms with Crippen LogP contribution in [0.2, 0.25) is 0 Å². The molecule has 6 nitrogen and oxygen atoms in total. The number of hydrogen-bond acceptors (Lipinski definition) is 3. The Labute approximate surface area is 106 Å². The molecule has 90 valence electrons. The summed E-state index contributed by atoms with van der Waals surface area (Å²) in [7, 11) is 0. The quantitative estimate of drug-likeness (QED) is 0.604. The van der Waals surface area contributed by atoms with E-state index in [2.05, 4.69) is 25.9 Å². The van der Waals surface area contributed by atoms with Gasteiger partial charge in [-0.05, 0) is 12.1 Å². The summed E-state index contributed by atoms with van der Waals surface area (Å²) in [6, 6.07) is 7.35. The number of amides is 4. The monoisotopic (exact) mass is 299 g/mol. The van der Waals surface area contributed by atoms with Crippen LogP contribution in [-0.2, 0) is 4.79 Å². The molecule has 0 radical (unpaired) electrons. The Morgan fingerprint density at radius 3 is 2.24 bits per heavy atom. The van der Waals surface area contributed by atoms with Crippen LogP contribution in [0.3, 0.4) is 0 Å². The summed E-state index contributed by atoms with van der Waals surface area (Å²) < 4.78 is 2.09. The Kier molecular flexibility index (Phi) is 4.65. The smallest absolute Gasteiger partial charge is 0.274 e. The zero-order valence-electron chi connectivity index (χ0n) is 8.94. The molecular weight excluding hydrogens is 290 g/mol. The first-order valence-corrected chi connectivity index (χ1v) is 5.43. The topological polar surface area (TPSA) is 78.5 Å². The van der Waals surface area contributed by atoms with Gasteiger partial charge < -0.3 is 0 Å². The van der Waals surface area contributed by atoms with E-state index < -0.39 is 17.8 Å². The lowest BCUT2D eigenvalue weighted by molar-refractivity contribution is -0.121. The normalized spacial score (nSPS) is 9.29. The van der Waals surface area contributed by atoms with Crippen molar-refractivity contribution in [2.45, 2.75) is 6.92 Å². The van der Waals surface area contributed by atoms with Gasteiger partial charge in [-0.2, -0.15) is 5.01 Å². The third-order valence-electron chi connectivity index (χ3n) is 1.78. The van der Waals surface area contributed by atoms with Gasteiger partial charge in [-0.3, -0.25) is 19.4 Å². The van der Waals surface area contributed by atoms with E-state index >= 15 is 0 Å². The SMILES string of the molecule is CC(=O)NN(C(=O)NBr)C(=O)c1ccccc1.